The van der Waals surface area contributed by atoms with Gasteiger partial charge in [0.05, 0.1) is 7.11 Å². The van der Waals surface area contributed by atoms with E-state index < -0.39 is 0 Å². The summed E-state index contributed by atoms with van der Waals surface area (Å²) in [7, 11) is 3.38. The lowest BCUT2D eigenvalue weighted by molar-refractivity contribution is 0.104. The molecule has 2 rings (SSSR count). The summed E-state index contributed by atoms with van der Waals surface area (Å²) in [5.74, 6) is 0.703. The number of allylic oxidation sites excluding steroid dienone is 1. The SMILES string of the molecule is CNc1ccc(C(=O)C=Cc2cc(C)c(O)c(C)c2OC)cc1. The monoisotopic (exact) mass is 311 g/mol. The lowest BCUT2D eigenvalue weighted by Gasteiger charge is -2.12. The number of anilines is 1. The zero-order valence-corrected chi connectivity index (χ0v) is 13.8. The summed E-state index contributed by atoms with van der Waals surface area (Å²) < 4.78 is 5.35. The van der Waals surface area contributed by atoms with Gasteiger partial charge < -0.3 is 15.2 Å². The summed E-state index contributed by atoms with van der Waals surface area (Å²) >= 11 is 0. The molecule has 0 atom stereocenters. The van der Waals surface area contributed by atoms with Gasteiger partial charge in [0, 0.05) is 29.4 Å². The number of ketones is 1. The van der Waals surface area contributed by atoms with Gasteiger partial charge in [0.15, 0.2) is 5.78 Å². The van der Waals surface area contributed by atoms with Crippen molar-refractivity contribution in [3.8, 4) is 11.5 Å². The Morgan fingerprint density at radius 2 is 1.87 bits per heavy atom. The van der Waals surface area contributed by atoms with Gasteiger partial charge in [0.1, 0.15) is 11.5 Å². The Labute approximate surface area is 136 Å². The van der Waals surface area contributed by atoms with Crippen molar-refractivity contribution in [2.45, 2.75) is 13.8 Å². The van der Waals surface area contributed by atoms with Crippen LogP contribution < -0.4 is 10.1 Å². The topological polar surface area (TPSA) is 58.6 Å². The van der Waals surface area contributed by atoms with E-state index in [1.807, 2.05) is 26.1 Å². The zero-order valence-electron chi connectivity index (χ0n) is 13.8. The maximum atomic E-state index is 12.3. The number of carbonyl (C=O) groups excluding carboxylic acids is 1. The fraction of sp³-hybridized carbons (Fsp3) is 0.211. The molecule has 23 heavy (non-hydrogen) atoms. The van der Waals surface area contributed by atoms with Gasteiger partial charge in [-0.25, -0.2) is 0 Å². The molecule has 0 radical (unpaired) electrons. The van der Waals surface area contributed by atoms with Crippen LogP contribution in [0.2, 0.25) is 0 Å². The number of ether oxygens (including phenoxy) is 1. The average molecular weight is 311 g/mol. The Balaban J connectivity index is 2.30. The summed E-state index contributed by atoms with van der Waals surface area (Å²) in [6, 6.07) is 9.08. The Morgan fingerprint density at radius 3 is 2.43 bits per heavy atom. The fourth-order valence-corrected chi connectivity index (χ4v) is 2.44. The number of rotatable bonds is 5. The first-order valence-electron chi connectivity index (χ1n) is 7.35. The molecular weight excluding hydrogens is 290 g/mol. The van der Waals surface area contributed by atoms with Crippen LogP contribution in [-0.4, -0.2) is 25.0 Å². The molecule has 0 amide bonds. The van der Waals surface area contributed by atoms with E-state index in [1.165, 1.54) is 6.08 Å². The Morgan fingerprint density at radius 1 is 1.22 bits per heavy atom. The summed E-state index contributed by atoms with van der Waals surface area (Å²) in [6.07, 6.45) is 3.23. The van der Waals surface area contributed by atoms with E-state index in [9.17, 15) is 9.90 Å². The third-order valence-corrected chi connectivity index (χ3v) is 3.78. The van der Waals surface area contributed by atoms with E-state index in [0.717, 1.165) is 16.8 Å². The highest BCUT2D eigenvalue weighted by molar-refractivity contribution is 6.07. The molecule has 0 unspecified atom stereocenters. The normalized spacial score (nSPS) is 10.8. The van der Waals surface area contributed by atoms with Gasteiger partial charge >= 0.3 is 0 Å². The molecule has 0 saturated carbocycles. The molecule has 0 aromatic heterocycles. The van der Waals surface area contributed by atoms with Crippen molar-refractivity contribution in [2.75, 3.05) is 19.5 Å². The number of aromatic hydroxyl groups is 1. The summed E-state index contributed by atoms with van der Waals surface area (Å²) in [4.78, 5) is 12.3. The number of nitrogens with one attached hydrogen (secondary N) is 1. The number of benzene rings is 2. The molecule has 120 valence electrons. The van der Waals surface area contributed by atoms with E-state index in [4.69, 9.17) is 4.74 Å². The first-order chi connectivity index (χ1) is 11.0. The van der Waals surface area contributed by atoms with Gasteiger partial charge in [-0.2, -0.15) is 0 Å². The minimum Gasteiger partial charge on any atom is -0.507 e. The van der Waals surface area contributed by atoms with Gasteiger partial charge in [0.25, 0.3) is 0 Å². The predicted octanol–water partition coefficient (Wildman–Crippen LogP) is 3.96. The zero-order chi connectivity index (χ0) is 17.0. The largest absolute Gasteiger partial charge is 0.507 e. The molecule has 0 fully saturated rings. The molecular formula is C19H21NO3. The lowest BCUT2D eigenvalue weighted by atomic mass is 10.0. The Bertz CT molecular complexity index is 746. The number of hydrogen-bond acceptors (Lipinski definition) is 4. The smallest absolute Gasteiger partial charge is 0.185 e. The number of aryl methyl sites for hydroxylation is 1. The molecule has 2 aromatic rings. The molecule has 0 spiro atoms. The van der Waals surface area contributed by atoms with Gasteiger partial charge in [-0.15, -0.1) is 0 Å². The second kappa shape index (κ2) is 7.01. The number of hydrogen-bond donors (Lipinski definition) is 2. The maximum Gasteiger partial charge on any atom is 0.185 e. The predicted molar refractivity (Wildman–Crippen MR) is 93.5 cm³/mol. The van der Waals surface area contributed by atoms with E-state index in [-0.39, 0.29) is 11.5 Å². The highest BCUT2D eigenvalue weighted by Crippen LogP contribution is 2.34. The molecule has 2 N–H and O–H groups in total. The highest BCUT2D eigenvalue weighted by Gasteiger charge is 2.12. The standard InChI is InChI=1S/C19H21NO3/c1-12-11-15(19(23-4)13(2)18(12)22)7-10-17(21)14-5-8-16(20-3)9-6-14/h5-11,20,22H,1-4H3. The van der Waals surface area contributed by atoms with Crippen molar-refractivity contribution in [3.05, 3.63) is 58.7 Å². The molecule has 0 heterocycles. The summed E-state index contributed by atoms with van der Waals surface area (Å²) in [5, 5.41) is 13.0. The molecule has 2 aromatic carbocycles. The van der Waals surface area contributed by atoms with Gasteiger partial charge in [-0.05, 0) is 61.9 Å². The quantitative estimate of drug-likeness (QED) is 0.648. The second-order valence-corrected chi connectivity index (χ2v) is 5.31. The van der Waals surface area contributed by atoms with Crippen molar-refractivity contribution in [3.63, 3.8) is 0 Å². The Hall–Kier alpha value is -2.75. The van der Waals surface area contributed by atoms with Crippen LogP contribution in [0.15, 0.2) is 36.4 Å². The van der Waals surface area contributed by atoms with Crippen LogP contribution in [0.1, 0.15) is 27.0 Å². The van der Waals surface area contributed by atoms with Crippen molar-refractivity contribution in [1.82, 2.24) is 0 Å². The Kier molecular flexibility index (Phi) is 5.06. The molecule has 0 aliphatic heterocycles. The number of phenols is 1. The minimum atomic E-state index is -0.0851. The van der Waals surface area contributed by atoms with E-state index in [2.05, 4.69) is 5.32 Å². The van der Waals surface area contributed by atoms with E-state index in [1.54, 1.807) is 38.3 Å². The van der Waals surface area contributed by atoms with Crippen LogP contribution in [0.3, 0.4) is 0 Å². The fourth-order valence-electron chi connectivity index (χ4n) is 2.44. The van der Waals surface area contributed by atoms with E-state index >= 15 is 0 Å². The van der Waals surface area contributed by atoms with Crippen molar-refractivity contribution in [2.24, 2.45) is 0 Å². The van der Waals surface area contributed by atoms with Crippen molar-refractivity contribution in [1.29, 1.82) is 0 Å². The van der Waals surface area contributed by atoms with Gasteiger partial charge in [0.2, 0.25) is 0 Å². The third-order valence-electron chi connectivity index (χ3n) is 3.78. The van der Waals surface area contributed by atoms with Crippen LogP contribution in [0.4, 0.5) is 5.69 Å². The van der Waals surface area contributed by atoms with Crippen LogP contribution in [-0.2, 0) is 0 Å². The van der Waals surface area contributed by atoms with Crippen LogP contribution in [0.25, 0.3) is 6.08 Å². The highest BCUT2D eigenvalue weighted by atomic mass is 16.5. The van der Waals surface area contributed by atoms with Crippen LogP contribution in [0, 0.1) is 13.8 Å². The average Bonchev–Trinajstić information content (AvgIpc) is 2.57. The number of methoxy groups -OCH3 is 1. The second-order valence-electron chi connectivity index (χ2n) is 5.31. The van der Waals surface area contributed by atoms with Gasteiger partial charge in [-0.1, -0.05) is 0 Å². The lowest BCUT2D eigenvalue weighted by Crippen LogP contribution is -1.96. The maximum absolute atomic E-state index is 12.3. The first-order valence-corrected chi connectivity index (χ1v) is 7.35. The molecule has 0 aliphatic rings. The number of carbonyl (C=O) groups is 1. The summed E-state index contributed by atoms with van der Waals surface area (Å²) in [5.41, 5.74) is 3.75. The third kappa shape index (κ3) is 3.54. The molecule has 0 saturated heterocycles. The van der Waals surface area contributed by atoms with Crippen LogP contribution in [0.5, 0.6) is 11.5 Å². The minimum absolute atomic E-state index is 0.0851. The number of phenolic OH excluding ortho intramolecular Hbond substituents is 1. The van der Waals surface area contributed by atoms with Crippen LogP contribution >= 0.6 is 0 Å². The van der Waals surface area contributed by atoms with E-state index in [0.29, 0.717) is 16.9 Å². The first kappa shape index (κ1) is 16.6. The van der Waals surface area contributed by atoms with Gasteiger partial charge in [-0.3, -0.25) is 4.79 Å². The summed E-state index contributed by atoms with van der Waals surface area (Å²) in [6.45, 7) is 3.61. The molecule has 0 bridgehead atoms. The van der Waals surface area contributed by atoms with Crippen molar-refractivity contribution >= 4 is 17.5 Å². The molecule has 0 aliphatic carbocycles. The molecule has 4 nitrogen and oxygen atoms in total. The van der Waals surface area contributed by atoms with Crippen molar-refractivity contribution < 1.29 is 14.6 Å². The molecule has 4 heteroatoms.